The zero-order valence-corrected chi connectivity index (χ0v) is 17.4. The average molecular weight is 397 g/mol. The van der Waals surface area contributed by atoms with E-state index in [1.165, 1.54) is 9.75 Å². The molecular weight excluding hydrogens is 368 g/mol. The Balaban J connectivity index is 1.29. The molecule has 5 nitrogen and oxygen atoms in total. The van der Waals surface area contributed by atoms with Gasteiger partial charge in [-0.1, -0.05) is 6.58 Å². The molecule has 2 saturated carbocycles. The van der Waals surface area contributed by atoms with E-state index in [0.717, 1.165) is 43.5 Å². The van der Waals surface area contributed by atoms with Gasteiger partial charge in [0.2, 0.25) is 5.95 Å². The fourth-order valence-electron chi connectivity index (χ4n) is 4.71. The van der Waals surface area contributed by atoms with Crippen LogP contribution in [0.25, 0.3) is 10.6 Å². The minimum atomic E-state index is -0.354. The largest absolute Gasteiger partial charge is 0.390 e. The van der Waals surface area contributed by atoms with Crippen LogP contribution in [0.4, 0.5) is 5.95 Å². The third kappa shape index (κ3) is 3.55. The lowest BCUT2D eigenvalue weighted by Gasteiger charge is -2.38. The Morgan fingerprint density at radius 2 is 2.11 bits per heavy atom. The lowest BCUT2D eigenvalue weighted by molar-refractivity contribution is 0.124. The molecule has 2 aromatic rings. The molecule has 0 amide bonds. The van der Waals surface area contributed by atoms with Gasteiger partial charge in [0.1, 0.15) is 0 Å². The first kappa shape index (κ1) is 18.1. The van der Waals surface area contributed by atoms with Crippen LogP contribution in [0.5, 0.6) is 0 Å². The van der Waals surface area contributed by atoms with Gasteiger partial charge in [0, 0.05) is 34.8 Å². The van der Waals surface area contributed by atoms with E-state index in [0.29, 0.717) is 17.8 Å². The molecule has 2 aliphatic carbocycles. The second-order valence-corrected chi connectivity index (χ2v) is 10.5. The smallest absolute Gasteiger partial charge is 0.223 e. The maximum absolute atomic E-state index is 10.3. The third-order valence-electron chi connectivity index (χ3n) is 6.24. The van der Waals surface area contributed by atoms with Crippen LogP contribution in [0.2, 0.25) is 0 Å². The van der Waals surface area contributed by atoms with Crippen LogP contribution in [0.1, 0.15) is 56.7 Å². The number of nitrogens with one attached hydrogen (secondary N) is 2. The standard InChI is InChI=1S/C22H28N4OS/c1-13-10-14(12-21(2,3)26-13)24-20-23-9-6-17(25-20)19-5-4-18(28-19)15-11-16(15)22(27)7-8-22/h4-6,9,14-16,26-27H,1,7-8,10-12H2,2-3H3,(H,23,24,25). The van der Waals surface area contributed by atoms with Crippen LogP contribution >= 0.6 is 11.3 Å². The first-order chi connectivity index (χ1) is 13.3. The molecule has 6 heteroatoms. The molecule has 2 aromatic heterocycles. The lowest BCUT2D eigenvalue weighted by Crippen LogP contribution is -2.48. The second-order valence-electron chi connectivity index (χ2n) is 9.38. The summed E-state index contributed by atoms with van der Waals surface area (Å²) in [6.45, 7) is 8.50. The van der Waals surface area contributed by atoms with Gasteiger partial charge in [-0.05, 0) is 69.6 Å². The predicted octanol–water partition coefficient (Wildman–Crippen LogP) is 4.29. The molecule has 0 bridgehead atoms. The number of anilines is 1. The lowest BCUT2D eigenvalue weighted by atomic mass is 9.88. The highest BCUT2D eigenvalue weighted by atomic mass is 32.1. The molecule has 3 N–H and O–H groups in total. The highest BCUT2D eigenvalue weighted by molar-refractivity contribution is 7.15. The van der Waals surface area contributed by atoms with Crippen LogP contribution in [-0.4, -0.2) is 32.3 Å². The molecule has 3 fully saturated rings. The van der Waals surface area contributed by atoms with Crippen LogP contribution < -0.4 is 10.6 Å². The summed E-state index contributed by atoms with van der Waals surface area (Å²) in [6, 6.07) is 6.63. The Morgan fingerprint density at radius 3 is 2.86 bits per heavy atom. The number of piperidine rings is 1. The minimum Gasteiger partial charge on any atom is -0.390 e. The molecule has 0 aromatic carbocycles. The van der Waals surface area contributed by atoms with E-state index in [1.807, 2.05) is 12.3 Å². The number of nitrogens with zero attached hydrogens (tertiary/aromatic N) is 2. The van der Waals surface area contributed by atoms with E-state index in [-0.39, 0.29) is 17.2 Å². The zero-order chi connectivity index (χ0) is 19.5. The third-order valence-corrected chi connectivity index (χ3v) is 7.48. The molecule has 1 saturated heterocycles. The highest BCUT2D eigenvalue weighted by Gasteiger charge is 2.59. The first-order valence-corrected chi connectivity index (χ1v) is 11.0. The highest BCUT2D eigenvalue weighted by Crippen LogP contribution is 2.62. The fraction of sp³-hybridized carbons (Fsp3) is 0.545. The molecule has 1 aliphatic heterocycles. The van der Waals surface area contributed by atoms with Gasteiger partial charge in [-0.3, -0.25) is 0 Å². The van der Waals surface area contributed by atoms with E-state index >= 15 is 0 Å². The molecule has 0 radical (unpaired) electrons. The number of rotatable bonds is 5. The number of hydrogen-bond donors (Lipinski definition) is 3. The van der Waals surface area contributed by atoms with Crippen LogP contribution in [-0.2, 0) is 0 Å². The van der Waals surface area contributed by atoms with E-state index in [1.54, 1.807) is 11.3 Å². The van der Waals surface area contributed by atoms with E-state index < -0.39 is 0 Å². The summed E-state index contributed by atoms with van der Waals surface area (Å²) in [5.41, 5.74) is 1.69. The number of aromatic nitrogens is 2. The van der Waals surface area contributed by atoms with Gasteiger partial charge in [0.25, 0.3) is 0 Å². The van der Waals surface area contributed by atoms with Crippen LogP contribution in [0.15, 0.2) is 36.7 Å². The van der Waals surface area contributed by atoms with Crippen molar-refractivity contribution in [2.24, 2.45) is 5.92 Å². The fourth-order valence-corrected chi connectivity index (χ4v) is 5.86. The summed E-state index contributed by atoms with van der Waals surface area (Å²) in [5, 5.41) is 17.3. The molecule has 5 rings (SSSR count). The van der Waals surface area contributed by atoms with E-state index in [9.17, 15) is 5.11 Å². The average Bonchev–Trinajstić information content (AvgIpc) is 3.52. The summed E-state index contributed by atoms with van der Waals surface area (Å²) < 4.78 is 0. The molecule has 3 aliphatic rings. The Bertz CT molecular complexity index is 917. The van der Waals surface area contributed by atoms with Gasteiger partial charge >= 0.3 is 0 Å². The monoisotopic (exact) mass is 396 g/mol. The van der Waals surface area contributed by atoms with Crippen LogP contribution in [0.3, 0.4) is 0 Å². The minimum absolute atomic E-state index is 0.0275. The first-order valence-electron chi connectivity index (χ1n) is 10.2. The van der Waals surface area contributed by atoms with Crippen molar-refractivity contribution < 1.29 is 5.11 Å². The van der Waals surface area contributed by atoms with Crippen molar-refractivity contribution in [3.05, 3.63) is 41.5 Å². The normalized spacial score (nSPS) is 29.8. The molecule has 3 atom stereocenters. The number of thiophene rings is 1. The molecular formula is C22H28N4OS. The van der Waals surface area contributed by atoms with E-state index in [4.69, 9.17) is 4.98 Å². The number of aliphatic hydroxyl groups is 1. The summed E-state index contributed by atoms with van der Waals surface area (Å²) in [5.74, 6) is 1.69. The summed E-state index contributed by atoms with van der Waals surface area (Å²) in [4.78, 5) is 11.8. The molecule has 3 heterocycles. The SMILES string of the molecule is C=C1CC(Nc2nccc(-c3ccc(C4CC4C4(O)CC4)s3)n2)CC(C)(C)N1. The van der Waals surface area contributed by atoms with Gasteiger partial charge in [-0.25, -0.2) is 9.97 Å². The van der Waals surface area contributed by atoms with Crippen molar-refractivity contribution >= 4 is 17.3 Å². The Kier molecular flexibility index (Phi) is 4.07. The van der Waals surface area contributed by atoms with E-state index in [2.05, 4.69) is 48.2 Å². The Morgan fingerprint density at radius 1 is 1.29 bits per heavy atom. The zero-order valence-electron chi connectivity index (χ0n) is 16.5. The molecule has 0 spiro atoms. The van der Waals surface area contributed by atoms with Gasteiger partial charge in [0.05, 0.1) is 16.2 Å². The van der Waals surface area contributed by atoms with Gasteiger partial charge in [0.15, 0.2) is 0 Å². The van der Waals surface area contributed by atoms with Crippen molar-refractivity contribution in [2.75, 3.05) is 5.32 Å². The topological polar surface area (TPSA) is 70.1 Å². The molecule has 28 heavy (non-hydrogen) atoms. The van der Waals surface area contributed by atoms with Crippen molar-refractivity contribution in [1.29, 1.82) is 0 Å². The summed E-state index contributed by atoms with van der Waals surface area (Å²) in [7, 11) is 0. The van der Waals surface area contributed by atoms with Gasteiger partial charge < -0.3 is 15.7 Å². The van der Waals surface area contributed by atoms with Crippen LogP contribution in [0, 0.1) is 5.92 Å². The second kappa shape index (κ2) is 6.29. The maximum atomic E-state index is 10.3. The Labute approximate surface area is 170 Å². The maximum Gasteiger partial charge on any atom is 0.223 e. The van der Waals surface area contributed by atoms with Crippen molar-refractivity contribution in [3.63, 3.8) is 0 Å². The molecule has 3 unspecified atom stereocenters. The molecule has 148 valence electrons. The summed E-state index contributed by atoms with van der Waals surface area (Å²) >= 11 is 1.81. The van der Waals surface area contributed by atoms with Gasteiger partial charge in [-0.15, -0.1) is 11.3 Å². The number of hydrogen-bond acceptors (Lipinski definition) is 6. The predicted molar refractivity (Wildman–Crippen MR) is 113 cm³/mol. The summed E-state index contributed by atoms with van der Waals surface area (Å²) in [6.07, 6.45) is 6.79. The Hall–Kier alpha value is -1.92. The van der Waals surface area contributed by atoms with Crippen molar-refractivity contribution in [3.8, 4) is 10.6 Å². The quantitative estimate of drug-likeness (QED) is 0.703. The van der Waals surface area contributed by atoms with Crippen molar-refractivity contribution in [2.45, 2.75) is 69.1 Å². The van der Waals surface area contributed by atoms with Crippen molar-refractivity contribution in [1.82, 2.24) is 15.3 Å². The van der Waals surface area contributed by atoms with Gasteiger partial charge in [-0.2, -0.15) is 0 Å².